The largest absolute Gasteiger partial charge is 0.370 e. The van der Waals surface area contributed by atoms with Gasteiger partial charge in [-0.2, -0.15) is 0 Å². The molecule has 1 heterocycles. The van der Waals surface area contributed by atoms with Gasteiger partial charge < -0.3 is 11.1 Å². The molecule has 0 saturated carbocycles. The van der Waals surface area contributed by atoms with Gasteiger partial charge in [0.25, 0.3) is 5.91 Å². The minimum atomic E-state index is -0.462. The first-order valence-electron chi connectivity index (χ1n) is 5.30. The van der Waals surface area contributed by atoms with Crippen LogP contribution in [0.2, 0.25) is 0 Å². The molecule has 0 aliphatic carbocycles. The molecule has 0 unspecified atom stereocenters. The summed E-state index contributed by atoms with van der Waals surface area (Å²) in [6.07, 6.45) is 0.0995. The number of aromatic amines is 1. The van der Waals surface area contributed by atoms with Crippen LogP contribution in [0, 0.1) is 0 Å². The topological polar surface area (TPSA) is 114 Å². The number of carbonyl (C=O) groups excluding carboxylic acids is 2. The Kier molecular flexibility index (Phi) is 3.82. The molecule has 0 fully saturated rings. The molecule has 1 rings (SSSR count). The summed E-state index contributed by atoms with van der Waals surface area (Å²) in [6.45, 7) is 6.07. The maximum Gasteiger partial charge on any atom is 0.290 e. The van der Waals surface area contributed by atoms with Crippen LogP contribution >= 0.6 is 0 Å². The first-order chi connectivity index (χ1) is 7.80. The molecule has 0 atom stereocenters. The lowest BCUT2D eigenvalue weighted by Gasteiger charge is -2.12. The predicted octanol–water partition coefficient (Wildman–Crippen LogP) is -0.293. The van der Waals surface area contributed by atoms with Gasteiger partial charge >= 0.3 is 0 Å². The molecule has 1 aromatic heterocycles. The summed E-state index contributed by atoms with van der Waals surface area (Å²) >= 11 is 0. The van der Waals surface area contributed by atoms with E-state index in [9.17, 15) is 9.59 Å². The number of hydrogen-bond acceptors (Lipinski definition) is 4. The maximum atomic E-state index is 11.6. The normalized spacial score (nSPS) is 11.2. The van der Waals surface area contributed by atoms with Gasteiger partial charge in [-0.1, -0.05) is 20.8 Å². The molecule has 0 aliphatic heterocycles. The third kappa shape index (κ3) is 3.86. The highest BCUT2D eigenvalue weighted by Crippen LogP contribution is 2.17. The van der Waals surface area contributed by atoms with Crippen LogP contribution in [0.4, 0.5) is 0 Å². The molecular weight excluding hydrogens is 222 g/mol. The molecule has 0 saturated heterocycles. The zero-order chi connectivity index (χ0) is 13.1. The first-order valence-corrected chi connectivity index (χ1v) is 5.30. The monoisotopic (exact) mass is 239 g/mol. The van der Waals surface area contributed by atoms with Crippen molar-refractivity contribution in [2.45, 2.75) is 32.6 Å². The van der Waals surface area contributed by atoms with E-state index >= 15 is 0 Å². The first kappa shape index (κ1) is 13.1. The molecule has 2 amide bonds. The van der Waals surface area contributed by atoms with Gasteiger partial charge in [-0.25, -0.2) is 4.98 Å². The lowest BCUT2D eigenvalue weighted by atomic mass is 9.96. The minimum Gasteiger partial charge on any atom is -0.370 e. The number of nitrogens with one attached hydrogen (secondary N) is 2. The van der Waals surface area contributed by atoms with Gasteiger partial charge in [0.1, 0.15) is 5.82 Å². The van der Waals surface area contributed by atoms with Crippen LogP contribution in [-0.4, -0.2) is 33.5 Å². The fourth-order valence-electron chi connectivity index (χ4n) is 1.08. The summed E-state index contributed by atoms with van der Waals surface area (Å²) in [5.74, 6) is -0.175. The fourth-order valence-corrected chi connectivity index (χ4v) is 1.08. The van der Waals surface area contributed by atoms with Crippen LogP contribution in [-0.2, 0) is 10.2 Å². The van der Waals surface area contributed by atoms with Crippen LogP contribution in [0.3, 0.4) is 0 Å². The number of primary amides is 1. The number of aromatic nitrogens is 3. The summed E-state index contributed by atoms with van der Waals surface area (Å²) in [7, 11) is 0. The summed E-state index contributed by atoms with van der Waals surface area (Å²) < 4.78 is 0. The summed E-state index contributed by atoms with van der Waals surface area (Å²) in [5, 5.41) is 9.04. The third-order valence-corrected chi connectivity index (χ3v) is 2.06. The van der Waals surface area contributed by atoms with E-state index in [1.54, 1.807) is 0 Å². The molecule has 94 valence electrons. The summed E-state index contributed by atoms with van der Waals surface area (Å²) in [4.78, 5) is 26.1. The van der Waals surface area contributed by atoms with Crippen molar-refractivity contribution >= 4 is 11.8 Å². The lowest BCUT2D eigenvalue weighted by Crippen LogP contribution is -2.28. The third-order valence-electron chi connectivity index (χ3n) is 2.06. The Bertz CT molecular complexity index is 419. The SMILES string of the molecule is CC(C)(C)c1nc(C(=O)NCCC(N)=O)n[nH]1. The highest BCUT2D eigenvalue weighted by atomic mass is 16.2. The Hall–Kier alpha value is -1.92. The minimum absolute atomic E-state index is 0.0689. The summed E-state index contributed by atoms with van der Waals surface area (Å²) in [5.41, 5.74) is 4.76. The molecule has 0 radical (unpaired) electrons. The smallest absolute Gasteiger partial charge is 0.290 e. The number of H-pyrrole nitrogens is 1. The van der Waals surface area contributed by atoms with Crippen molar-refractivity contribution in [2.75, 3.05) is 6.54 Å². The Labute approximate surface area is 99.2 Å². The van der Waals surface area contributed by atoms with E-state index in [0.29, 0.717) is 5.82 Å². The lowest BCUT2D eigenvalue weighted by molar-refractivity contribution is -0.117. The second-order valence-electron chi connectivity index (χ2n) is 4.73. The van der Waals surface area contributed by atoms with Gasteiger partial charge in [-0.3, -0.25) is 14.7 Å². The van der Waals surface area contributed by atoms with Crippen LogP contribution in [0.5, 0.6) is 0 Å². The van der Waals surface area contributed by atoms with E-state index in [4.69, 9.17) is 5.73 Å². The highest BCUT2D eigenvalue weighted by molar-refractivity contribution is 5.90. The second-order valence-corrected chi connectivity index (χ2v) is 4.73. The van der Waals surface area contributed by atoms with Crippen molar-refractivity contribution in [1.29, 1.82) is 0 Å². The van der Waals surface area contributed by atoms with Gasteiger partial charge in [-0.05, 0) is 0 Å². The zero-order valence-electron chi connectivity index (χ0n) is 10.2. The second kappa shape index (κ2) is 4.94. The van der Waals surface area contributed by atoms with E-state index < -0.39 is 11.8 Å². The van der Waals surface area contributed by atoms with Gasteiger partial charge in [-0.15, -0.1) is 5.10 Å². The molecule has 4 N–H and O–H groups in total. The average molecular weight is 239 g/mol. The van der Waals surface area contributed by atoms with Crippen LogP contribution in [0.1, 0.15) is 43.6 Å². The van der Waals surface area contributed by atoms with Crippen molar-refractivity contribution in [2.24, 2.45) is 5.73 Å². The predicted molar refractivity (Wildman–Crippen MR) is 61.2 cm³/mol. The van der Waals surface area contributed by atoms with Crippen molar-refractivity contribution < 1.29 is 9.59 Å². The number of rotatable bonds is 4. The molecule has 0 bridgehead atoms. The quantitative estimate of drug-likeness (QED) is 0.669. The van der Waals surface area contributed by atoms with E-state index in [0.717, 1.165) is 0 Å². The van der Waals surface area contributed by atoms with Crippen molar-refractivity contribution in [3.63, 3.8) is 0 Å². The number of hydrogen-bond donors (Lipinski definition) is 3. The molecule has 7 heteroatoms. The Morgan fingerprint density at radius 1 is 1.41 bits per heavy atom. The number of amides is 2. The van der Waals surface area contributed by atoms with Crippen LogP contribution < -0.4 is 11.1 Å². The van der Waals surface area contributed by atoms with Crippen molar-refractivity contribution in [3.05, 3.63) is 11.6 Å². The molecule has 0 spiro atoms. The van der Waals surface area contributed by atoms with Crippen molar-refractivity contribution in [3.8, 4) is 0 Å². The van der Waals surface area contributed by atoms with Gasteiger partial charge in [0.15, 0.2) is 0 Å². The van der Waals surface area contributed by atoms with Gasteiger partial charge in [0.05, 0.1) is 0 Å². The Morgan fingerprint density at radius 3 is 2.53 bits per heavy atom. The number of carbonyl (C=O) groups is 2. The molecular formula is C10H17N5O2. The average Bonchev–Trinajstić information content (AvgIpc) is 2.64. The van der Waals surface area contributed by atoms with E-state index in [1.165, 1.54) is 0 Å². The Morgan fingerprint density at radius 2 is 2.06 bits per heavy atom. The molecule has 0 aromatic carbocycles. The summed E-state index contributed by atoms with van der Waals surface area (Å²) in [6, 6.07) is 0. The number of nitrogens with zero attached hydrogens (tertiary/aromatic N) is 2. The Balaban J connectivity index is 2.58. The van der Waals surface area contributed by atoms with Crippen molar-refractivity contribution in [1.82, 2.24) is 20.5 Å². The zero-order valence-corrected chi connectivity index (χ0v) is 10.2. The van der Waals surface area contributed by atoms with E-state index in [2.05, 4.69) is 20.5 Å². The maximum absolute atomic E-state index is 11.6. The van der Waals surface area contributed by atoms with E-state index in [1.807, 2.05) is 20.8 Å². The molecule has 0 aliphatic rings. The van der Waals surface area contributed by atoms with Crippen LogP contribution in [0.15, 0.2) is 0 Å². The molecule has 17 heavy (non-hydrogen) atoms. The van der Waals surface area contributed by atoms with E-state index in [-0.39, 0.29) is 24.2 Å². The van der Waals surface area contributed by atoms with Gasteiger partial charge in [0, 0.05) is 18.4 Å². The molecule has 1 aromatic rings. The highest BCUT2D eigenvalue weighted by Gasteiger charge is 2.20. The van der Waals surface area contributed by atoms with Crippen LogP contribution in [0.25, 0.3) is 0 Å². The van der Waals surface area contributed by atoms with Gasteiger partial charge in [0.2, 0.25) is 11.7 Å². The molecule has 7 nitrogen and oxygen atoms in total. The standard InChI is InChI=1S/C10H17N5O2/c1-10(2,3)9-13-7(14-15-9)8(17)12-5-4-6(11)16/h4-5H2,1-3H3,(H2,11,16)(H,12,17)(H,13,14,15). The number of nitrogens with two attached hydrogens (primary N) is 1. The fraction of sp³-hybridized carbons (Fsp3) is 0.600.